The second-order valence-corrected chi connectivity index (χ2v) is 6.53. The Morgan fingerprint density at radius 2 is 1.96 bits per heavy atom. The van der Waals surface area contributed by atoms with Crippen molar-refractivity contribution >= 4 is 22.5 Å². The van der Waals surface area contributed by atoms with Gasteiger partial charge in [-0.3, -0.25) is 0 Å². The minimum absolute atomic E-state index is 0.0800. The first-order valence-electron chi connectivity index (χ1n) is 8.83. The van der Waals surface area contributed by atoms with Crippen LogP contribution in [0.4, 0.5) is 16.0 Å². The maximum Gasteiger partial charge on any atom is 0.183 e. The fourth-order valence-corrected chi connectivity index (χ4v) is 3.54. The number of ether oxygens (including phenoxy) is 1. The molecule has 0 spiro atoms. The smallest absolute Gasteiger partial charge is 0.183 e. The molecule has 8 nitrogen and oxygen atoms in total. The third kappa shape index (κ3) is 3.03. The van der Waals surface area contributed by atoms with Gasteiger partial charge in [0.1, 0.15) is 18.2 Å². The quantitative estimate of drug-likeness (QED) is 0.684. The summed E-state index contributed by atoms with van der Waals surface area (Å²) in [5.74, 6) is 1.03. The zero-order valence-corrected chi connectivity index (χ0v) is 15.5. The van der Waals surface area contributed by atoms with Crippen LogP contribution in [0.5, 0.6) is 5.75 Å². The van der Waals surface area contributed by atoms with E-state index >= 15 is 0 Å². The Labute approximate surface area is 161 Å². The highest BCUT2D eigenvalue weighted by atomic mass is 19.1. The number of hydrogen-bond acceptors (Lipinski definition) is 8. The third-order valence-corrected chi connectivity index (χ3v) is 4.87. The second-order valence-electron chi connectivity index (χ2n) is 6.53. The van der Waals surface area contributed by atoms with Crippen LogP contribution in [0.15, 0.2) is 30.9 Å². The number of hydrogen-bond donors (Lipinski definition) is 0. The molecule has 1 unspecified atom stereocenters. The number of methoxy groups -OCH3 is 1. The summed E-state index contributed by atoms with van der Waals surface area (Å²) in [6.45, 7) is 4.04. The molecule has 0 amide bonds. The van der Waals surface area contributed by atoms with E-state index in [0.717, 1.165) is 11.2 Å². The van der Waals surface area contributed by atoms with Crippen molar-refractivity contribution in [1.29, 1.82) is 5.26 Å². The number of nitriles is 1. The minimum Gasteiger partial charge on any atom is -0.494 e. The molecule has 0 saturated carbocycles. The zero-order chi connectivity index (χ0) is 19.7. The van der Waals surface area contributed by atoms with Crippen molar-refractivity contribution in [1.82, 2.24) is 19.9 Å². The van der Waals surface area contributed by atoms with Gasteiger partial charge < -0.3 is 14.5 Å². The Morgan fingerprint density at radius 3 is 2.71 bits per heavy atom. The van der Waals surface area contributed by atoms with Gasteiger partial charge in [0.25, 0.3) is 0 Å². The van der Waals surface area contributed by atoms with Gasteiger partial charge in [-0.05, 0) is 13.0 Å². The first-order valence-corrected chi connectivity index (χ1v) is 8.83. The Bertz CT molecular complexity index is 1070. The molecule has 3 heterocycles. The van der Waals surface area contributed by atoms with Crippen LogP contribution >= 0.6 is 0 Å². The summed E-state index contributed by atoms with van der Waals surface area (Å²) in [7, 11) is 1.43. The number of halogens is 1. The number of piperazine rings is 1. The molecular formula is C19H18FN7O. The van der Waals surface area contributed by atoms with Gasteiger partial charge in [-0.15, -0.1) is 0 Å². The molecule has 142 valence electrons. The predicted octanol–water partition coefficient (Wildman–Crippen LogP) is 2.15. The lowest BCUT2D eigenvalue weighted by molar-refractivity contribution is 0.387. The van der Waals surface area contributed by atoms with Gasteiger partial charge in [0.2, 0.25) is 0 Å². The molecule has 1 aliphatic rings. The second kappa shape index (κ2) is 7.23. The van der Waals surface area contributed by atoms with E-state index in [4.69, 9.17) is 4.74 Å². The summed E-state index contributed by atoms with van der Waals surface area (Å²) in [5, 5.41) is 10.0. The maximum absolute atomic E-state index is 14.0. The average molecular weight is 379 g/mol. The van der Waals surface area contributed by atoms with Crippen molar-refractivity contribution in [3.05, 3.63) is 42.4 Å². The highest BCUT2D eigenvalue weighted by Crippen LogP contribution is 2.31. The van der Waals surface area contributed by atoms with E-state index in [-0.39, 0.29) is 11.8 Å². The van der Waals surface area contributed by atoms with E-state index in [9.17, 15) is 9.65 Å². The molecule has 0 N–H and O–H groups in total. The van der Waals surface area contributed by atoms with Gasteiger partial charge >= 0.3 is 0 Å². The van der Waals surface area contributed by atoms with E-state index in [2.05, 4.69) is 42.7 Å². The van der Waals surface area contributed by atoms with Crippen molar-refractivity contribution in [3.63, 3.8) is 0 Å². The van der Waals surface area contributed by atoms with Crippen molar-refractivity contribution in [2.24, 2.45) is 0 Å². The molecule has 2 aromatic heterocycles. The Kier molecular flexibility index (Phi) is 4.61. The van der Waals surface area contributed by atoms with Gasteiger partial charge in [0, 0.05) is 49.5 Å². The number of benzene rings is 1. The molecule has 1 saturated heterocycles. The summed E-state index contributed by atoms with van der Waals surface area (Å²) in [5.41, 5.74) is 0.842. The SMILES string of the molecule is COc1cc2c(N3CCN(c4nccnc4C#N)CC3C)ncnc2cc1F. The number of rotatable bonds is 3. The van der Waals surface area contributed by atoms with Crippen molar-refractivity contribution < 1.29 is 9.13 Å². The topological polar surface area (TPSA) is 91.1 Å². The highest BCUT2D eigenvalue weighted by molar-refractivity contribution is 5.90. The lowest BCUT2D eigenvalue weighted by atomic mass is 10.1. The minimum atomic E-state index is -0.454. The summed E-state index contributed by atoms with van der Waals surface area (Å²) in [6.07, 6.45) is 4.55. The number of nitrogens with zero attached hydrogens (tertiary/aromatic N) is 7. The Balaban J connectivity index is 1.66. The van der Waals surface area contributed by atoms with Gasteiger partial charge in [0.05, 0.1) is 12.6 Å². The molecule has 1 aliphatic heterocycles. The molecule has 9 heteroatoms. The lowest BCUT2D eigenvalue weighted by Gasteiger charge is -2.41. The van der Waals surface area contributed by atoms with Crippen LogP contribution in [-0.2, 0) is 0 Å². The van der Waals surface area contributed by atoms with Crippen LogP contribution in [0, 0.1) is 17.1 Å². The van der Waals surface area contributed by atoms with Crippen LogP contribution in [0.1, 0.15) is 12.6 Å². The van der Waals surface area contributed by atoms with Gasteiger partial charge in [-0.25, -0.2) is 24.3 Å². The number of fused-ring (bicyclic) bond motifs is 1. The molecule has 4 rings (SSSR count). The lowest BCUT2D eigenvalue weighted by Crippen LogP contribution is -2.53. The number of aromatic nitrogens is 4. The average Bonchev–Trinajstić information content (AvgIpc) is 2.72. The fourth-order valence-electron chi connectivity index (χ4n) is 3.54. The molecule has 3 aromatic rings. The van der Waals surface area contributed by atoms with E-state index in [1.165, 1.54) is 25.7 Å². The van der Waals surface area contributed by atoms with Gasteiger partial charge in [-0.1, -0.05) is 0 Å². The first kappa shape index (κ1) is 17.9. The molecule has 0 bridgehead atoms. The predicted molar refractivity (Wildman–Crippen MR) is 102 cm³/mol. The zero-order valence-electron chi connectivity index (χ0n) is 15.5. The monoisotopic (exact) mass is 379 g/mol. The van der Waals surface area contributed by atoms with Crippen LogP contribution in [-0.4, -0.2) is 52.7 Å². The molecule has 1 aromatic carbocycles. The number of anilines is 2. The Morgan fingerprint density at radius 1 is 1.14 bits per heavy atom. The summed E-state index contributed by atoms with van der Waals surface area (Å²) >= 11 is 0. The highest BCUT2D eigenvalue weighted by Gasteiger charge is 2.28. The maximum atomic E-state index is 14.0. The van der Waals surface area contributed by atoms with E-state index in [1.807, 2.05) is 0 Å². The summed E-state index contributed by atoms with van der Waals surface area (Å²) in [4.78, 5) is 21.3. The van der Waals surface area contributed by atoms with Crippen LogP contribution < -0.4 is 14.5 Å². The van der Waals surface area contributed by atoms with Crippen molar-refractivity contribution in [3.8, 4) is 11.8 Å². The van der Waals surface area contributed by atoms with Gasteiger partial charge in [0.15, 0.2) is 23.1 Å². The van der Waals surface area contributed by atoms with E-state index in [1.54, 1.807) is 12.3 Å². The standard InChI is InChI=1S/C19H18FN7O/c1-12-10-26(19-16(9-21)22-3-4-23-19)5-6-27(12)18-13-7-17(28-2)14(20)8-15(13)24-11-25-18/h3-4,7-8,11-12H,5-6,10H2,1-2H3. The third-order valence-electron chi connectivity index (χ3n) is 4.87. The first-order chi connectivity index (χ1) is 13.6. The molecule has 1 fully saturated rings. The molecule has 28 heavy (non-hydrogen) atoms. The van der Waals surface area contributed by atoms with Gasteiger partial charge in [-0.2, -0.15) is 5.26 Å². The fraction of sp³-hybridized carbons (Fsp3) is 0.316. The van der Waals surface area contributed by atoms with Crippen molar-refractivity contribution in [2.45, 2.75) is 13.0 Å². The molecule has 0 aliphatic carbocycles. The van der Waals surface area contributed by atoms with E-state index < -0.39 is 5.82 Å². The van der Waals surface area contributed by atoms with Crippen molar-refractivity contribution in [2.75, 3.05) is 36.5 Å². The molecular weight excluding hydrogens is 361 g/mol. The Hall–Kier alpha value is -3.54. The summed E-state index contributed by atoms with van der Waals surface area (Å²) < 4.78 is 19.2. The van der Waals surface area contributed by atoms with Crippen LogP contribution in [0.25, 0.3) is 10.9 Å². The largest absolute Gasteiger partial charge is 0.494 e. The summed E-state index contributed by atoms with van der Waals surface area (Å²) in [6, 6.07) is 5.17. The van der Waals surface area contributed by atoms with E-state index in [0.29, 0.717) is 36.7 Å². The van der Waals surface area contributed by atoms with Crippen LogP contribution in [0.2, 0.25) is 0 Å². The molecule has 1 atom stereocenters. The van der Waals surface area contributed by atoms with Crippen LogP contribution in [0.3, 0.4) is 0 Å². The normalized spacial score (nSPS) is 16.9. The molecule has 0 radical (unpaired) electrons.